The molecule has 0 spiro atoms. The highest BCUT2D eigenvalue weighted by molar-refractivity contribution is 5.92. The number of benzene rings is 1. The Hall–Kier alpha value is -1.65. The molecule has 0 bridgehead atoms. The van der Waals surface area contributed by atoms with E-state index >= 15 is 0 Å². The molecular formula is C16H22N2O2. The summed E-state index contributed by atoms with van der Waals surface area (Å²) in [7, 11) is 1.70. The monoisotopic (exact) mass is 274 g/mol. The van der Waals surface area contributed by atoms with Gasteiger partial charge in [-0.25, -0.2) is 4.98 Å². The molecule has 0 fully saturated rings. The number of hydrogen-bond donors (Lipinski definition) is 1. The third-order valence-electron chi connectivity index (χ3n) is 3.37. The molecule has 0 aliphatic rings. The Labute approximate surface area is 120 Å². The average Bonchev–Trinajstić information content (AvgIpc) is 2.46. The van der Waals surface area contributed by atoms with Gasteiger partial charge in [0.15, 0.2) is 0 Å². The van der Waals surface area contributed by atoms with Crippen LogP contribution >= 0.6 is 0 Å². The number of fused-ring (bicyclic) bond motifs is 1. The average molecular weight is 274 g/mol. The number of pyridine rings is 1. The lowest BCUT2D eigenvalue weighted by molar-refractivity contribution is 0.203. The lowest BCUT2D eigenvalue weighted by atomic mass is 10.1. The first-order valence-corrected chi connectivity index (χ1v) is 6.92. The van der Waals surface area contributed by atoms with E-state index in [4.69, 9.17) is 4.74 Å². The molecule has 4 nitrogen and oxygen atoms in total. The Balaban J connectivity index is 2.53. The van der Waals surface area contributed by atoms with Gasteiger partial charge in [0.2, 0.25) is 0 Å². The Bertz CT molecular complexity index is 569. The van der Waals surface area contributed by atoms with Crippen LogP contribution in [0, 0.1) is 0 Å². The highest BCUT2D eigenvalue weighted by atomic mass is 16.5. The lowest BCUT2D eigenvalue weighted by Crippen LogP contribution is -2.34. The van der Waals surface area contributed by atoms with Gasteiger partial charge >= 0.3 is 0 Å². The molecule has 1 heterocycles. The van der Waals surface area contributed by atoms with Gasteiger partial charge in [0, 0.05) is 25.1 Å². The number of aliphatic hydroxyl groups is 1. The number of nitrogens with zero attached hydrogens (tertiary/aromatic N) is 2. The molecular weight excluding hydrogens is 252 g/mol. The van der Waals surface area contributed by atoms with Crippen LogP contribution in [0.3, 0.4) is 0 Å². The van der Waals surface area contributed by atoms with Crippen LogP contribution < -0.4 is 4.90 Å². The van der Waals surface area contributed by atoms with Crippen molar-refractivity contribution in [2.75, 3.05) is 25.2 Å². The van der Waals surface area contributed by atoms with Gasteiger partial charge in [0.1, 0.15) is 5.82 Å². The van der Waals surface area contributed by atoms with Crippen molar-refractivity contribution >= 4 is 16.6 Å². The van der Waals surface area contributed by atoms with Crippen molar-refractivity contribution in [2.45, 2.75) is 26.5 Å². The summed E-state index contributed by atoms with van der Waals surface area (Å²) in [5, 5.41) is 11.6. The summed E-state index contributed by atoms with van der Waals surface area (Å²) in [6, 6.07) is 10.4. The maximum atomic E-state index is 9.41. The molecule has 1 aromatic heterocycles. The first kappa shape index (κ1) is 14.8. The van der Waals surface area contributed by atoms with E-state index in [0.29, 0.717) is 18.3 Å². The second-order valence-corrected chi connectivity index (χ2v) is 5.10. The number of aliphatic hydroxyl groups excluding tert-OH is 1. The van der Waals surface area contributed by atoms with Crippen molar-refractivity contribution in [3.8, 4) is 0 Å². The largest absolute Gasteiger partial charge is 0.390 e. The van der Waals surface area contributed by atoms with E-state index in [2.05, 4.69) is 35.9 Å². The van der Waals surface area contributed by atoms with Gasteiger partial charge in [0.25, 0.3) is 0 Å². The Kier molecular flexibility index (Phi) is 4.93. The van der Waals surface area contributed by atoms with Crippen LogP contribution in [0.1, 0.15) is 19.5 Å². The highest BCUT2D eigenvalue weighted by Gasteiger charge is 2.16. The van der Waals surface area contributed by atoms with Crippen molar-refractivity contribution in [1.29, 1.82) is 0 Å². The Morgan fingerprint density at radius 2 is 2.05 bits per heavy atom. The molecule has 20 heavy (non-hydrogen) atoms. The maximum Gasteiger partial charge on any atom is 0.137 e. The predicted molar refractivity (Wildman–Crippen MR) is 82.0 cm³/mol. The summed E-state index contributed by atoms with van der Waals surface area (Å²) in [6.07, 6.45) is 0. The molecule has 0 radical (unpaired) electrons. The zero-order chi connectivity index (χ0) is 14.5. The van der Waals surface area contributed by atoms with Crippen LogP contribution in [-0.4, -0.2) is 36.4 Å². The summed E-state index contributed by atoms with van der Waals surface area (Å²) >= 11 is 0. The normalized spacial score (nSPS) is 11.2. The Morgan fingerprint density at radius 1 is 1.30 bits per heavy atom. The van der Waals surface area contributed by atoms with Crippen LogP contribution in [-0.2, 0) is 11.3 Å². The van der Waals surface area contributed by atoms with Crippen molar-refractivity contribution in [3.05, 3.63) is 36.0 Å². The standard InChI is InChI=1S/C16H22N2O2/c1-12(2)18(8-9-20-3)16-15-7-5-4-6-13(15)10-14(11-19)17-16/h4-7,10,12,19H,8-9,11H2,1-3H3. The minimum absolute atomic E-state index is 0.0476. The zero-order valence-corrected chi connectivity index (χ0v) is 12.3. The van der Waals surface area contributed by atoms with Crippen molar-refractivity contribution < 1.29 is 9.84 Å². The van der Waals surface area contributed by atoms with Gasteiger partial charge in [-0.3, -0.25) is 0 Å². The molecule has 1 N–H and O–H groups in total. The fraction of sp³-hybridized carbons (Fsp3) is 0.438. The number of rotatable bonds is 6. The molecule has 1 aromatic carbocycles. The highest BCUT2D eigenvalue weighted by Crippen LogP contribution is 2.27. The third kappa shape index (κ3) is 3.08. The summed E-state index contributed by atoms with van der Waals surface area (Å²) in [5.74, 6) is 0.916. The lowest BCUT2D eigenvalue weighted by Gasteiger charge is -2.29. The first-order valence-electron chi connectivity index (χ1n) is 6.92. The van der Waals surface area contributed by atoms with E-state index in [0.717, 1.165) is 23.1 Å². The third-order valence-corrected chi connectivity index (χ3v) is 3.37. The zero-order valence-electron chi connectivity index (χ0n) is 12.3. The number of hydrogen-bond acceptors (Lipinski definition) is 4. The first-order chi connectivity index (χ1) is 9.67. The van der Waals surface area contributed by atoms with Gasteiger partial charge < -0.3 is 14.7 Å². The van der Waals surface area contributed by atoms with E-state index in [-0.39, 0.29) is 6.61 Å². The van der Waals surface area contributed by atoms with Gasteiger partial charge in [-0.15, -0.1) is 0 Å². The second-order valence-electron chi connectivity index (χ2n) is 5.10. The molecule has 0 aliphatic heterocycles. The molecule has 0 aliphatic carbocycles. The van der Waals surface area contributed by atoms with Crippen LogP contribution in [0.15, 0.2) is 30.3 Å². The van der Waals surface area contributed by atoms with E-state index < -0.39 is 0 Å². The van der Waals surface area contributed by atoms with Crippen molar-refractivity contribution in [2.24, 2.45) is 0 Å². The maximum absolute atomic E-state index is 9.41. The van der Waals surface area contributed by atoms with Crippen LogP contribution in [0.5, 0.6) is 0 Å². The number of ether oxygens (including phenoxy) is 1. The number of aromatic nitrogens is 1. The molecule has 0 amide bonds. The molecule has 0 unspecified atom stereocenters. The van der Waals surface area contributed by atoms with Crippen molar-refractivity contribution in [3.63, 3.8) is 0 Å². The minimum Gasteiger partial charge on any atom is -0.390 e. The molecule has 2 aromatic rings. The molecule has 0 atom stereocenters. The molecule has 4 heteroatoms. The Morgan fingerprint density at radius 3 is 2.70 bits per heavy atom. The van der Waals surface area contributed by atoms with E-state index in [1.54, 1.807) is 7.11 Å². The van der Waals surface area contributed by atoms with Crippen LogP contribution in [0.2, 0.25) is 0 Å². The summed E-state index contributed by atoms with van der Waals surface area (Å²) in [6.45, 7) is 5.65. The number of methoxy groups -OCH3 is 1. The van der Waals surface area contributed by atoms with Crippen LogP contribution in [0.25, 0.3) is 10.8 Å². The van der Waals surface area contributed by atoms with Gasteiger partial charge in [0.05, 0.1) is 18.9 Å². The molecule has 0 saturated heterocycles. The smallest absolute Gasteiger partial charge is 0.137 e. The molecule has 108 valence electrons. The predicted octanol–water partition coefficient (Wildman–Crippen LogP) is 2.59. The second kappa shape index (κ2) is 6.68. The fourth-order valence-corrected chi connectivity index (χ4v) is 2.33. The SMILES string of the molecule is COCCN(c1nc(CO)cc2ccccc12)C(C)C. The quantitative estimate of drug-likeness (QED) is 0.879. The van der Waals surface area contributed by atoms with E-state index in [9.17, 15) is 5.11 Å². The van der Waals surface area contributed by atoms with E-state index in [1.807, 2.05) is 18.2 Å². The summed E-state index contributed by atoms with van der Waals surface area (Å²) in [4.78, 5) is 6.83. The van der Waals surface area contributed by atoms with Gasteiger partial charge in [-0.2, -0.15) is 0 Å². The van der Waals surface area contributed by atoms with Crippen molar-refractivity contribution in [1.82, 2.24) is 4.98 Å². The van der Waals surface area contributed by atoms with Crippen LogP contribution in [0.4, 0.5) is 5.82 Å². The van der Waals surface area contributed by atoms with Gasteiger partial charge in [-0.05, 0) is 25.3 Å². The summed E-state index contributed by atoms with van der Waals surface area (Å²) < 4.78 is 5.19. The molecule has 2 rings (SSSR count). The number of anilines is 1. The summed E-state index contributed by atoms with van der Waals surface area (Å²) in [5.41, 5.74) is 0.696. The topological polar surface area (TPSA) is 45.6 Å². The fourth-order valence-electron chi connectivity index (χ4n) is 2.33. The van der Waals surface area contributed by atoms with E-state index in [1.165, 1.54) is 0 Å². The van der Waals surface area contributed by atoms with Gasteiger partial charge in [-0.1, -0.05) is 24.3 Å². The molecule has 0 saturated carbocycles. The minimum atomic E-state index is -0.0476.